The summed E-state index contributed by atoms with van der Waals surface area (Å²) >= 11 is 0. The minimum Gasteiger partial charge on any atom is -0.348 e. The molecule has 0 fully saturated rings. The highest BCUT2D eigenvalue weighted by Gasteiger charge is 2.21. The van der Waals surface area contributed by atoms with Gasteiger partial charge in [-0.25, -0.2) is 0 Å². The summed E-state index contributed by atoms with van der Waals surface area (Å²) in [7, 11) is 4.08. The second kappa shape index (κ2) is 7.05. The summed E-state index contributed by atoms with van der Waals surface area (Å²) in [6, 6.07) is 6.21. The highest BCUT2D eigenvalue weighted by molar-refractivity contribution is 5.96. The maximum absolute atomic E-state index is 12.7. The largest absolute Gasteiger partial charge is 0.348 e. The minimum atomic E-state index is 0.0642. The zero-order valence-corrected chi connectivity index (χ0v) is 13.6. The molecule has 0 saturated carbocycles. The zero-order chi connectivity index (χ0) is 15.4. The average molecular weight is 289 g/mol. The van der Waals surface area contributed by atoms with Crippen molar-refractivity contribution in [3.8, 4) is 0 Å². The molecular formula is C17H27N3O. The van der Waals surface area contributed by atoms with Crippen LogP contribution >= 0.6 is 0 Å². The summed E-state index contributed by atoms with van der Waals surface area (Å²) in [6.07, 6.45) is 0.930. The predicted octanol–water partition coefficient (Wildman–Crippen LogP) is 1.65. The normalized spacial score (nSPS) is 15.9. The number of benzene rings is 1. The fourth-order valence-corrected chi connectivity index (χ4v) is 2.81. The maximum atomic E-state index is 12.7. The summed E-state index contributed by atoms with van der Waals surface area (Å²) in [4.78, 5) is 14.8. The van der Waals surface area contributed by atoms with Gasteiger partial charge in [-0.3, -0.25) is 4.79 Å². The fourth-order valence-electron chi connectivity index (χ4n) is 2.81. The van der Waals surface area contributed by atoms with Gasteiger partial charge in [-0.2, -0.15) is 0 Å². The smallest absolute Gasteiger partial charge is 0.251 e. The standard InChI is InChI=1S/C17H27N3O/c1-12(2)16(11-20(3)4)19-17(21)15-7-5-6-13-10-18-9-8-14(13)15/h5-7,12,16,18H,8-11H2,1-4H3,(H,19,21). The van der Waals surface area contributed by atoms with Crippen LogP contribution in [0.25, 0.3) is 0 Å². The zero-order valence-electron chi connectivity index (χ0n) is 13.6. The molecule has 4 nitrogen and oxygen atoms in total. The number of likely N-dealkylation sites (N-methyl/N-ethyl adjacent to an activating group) is 1. The molecule has 1 aliphatic rings. The number of hydrogen-bond acceptors (Lipinski definition) is 3. The molecule has 1 aromatic carbocycles. The number of nitrogens with one attached hydrogen (secondary N) is 2. The minimum absolute atomic E-state index is 0.0642. The van der Waals surface area contributed by atoms with Crippen LogP contribution in [0.15, 0.2) is 18.2 Å². The van der Waals surface area contributed by atoms with Gasteiger partial charge in [-0.05, 0) is 50.2 Å². The number of amides is 1. The van der Waals surface area contributed by atoms with Crippen LogP contribution in [0.1, 0.15) is 35.3 Å². The molecule has 1 heterocycles. The Hall–Kier alpha value is -1.39. The summed E-state index contributed by atoms with van der Waals surface area (Å²) in [6.45, 7) is 6.97. The van der Waals surface area contributed by atoms with Crippen LogP contribution in [-0.2, 0) is 13.0 Å². The van der Waals surface area contributed by atoms with Crippen molar-refractivity contribution in [1.82, 2.24) is 15.5 Å². The number of nitrogens with zero attached hydrogens (tertiary/aromatic N) is 1. The fraction of sp³-hybridized carbons (Fsp3) is 0.588. The second-order valence-electron chi connectivity index (χ2n) is 6.46. The molecule has 1 unspecified atom stereocenters. The number of hydrogen-bond donors (Lipinski definition) is 2. The van der Waals surface area contributed by atoms with Gasteiger partial charge in [0.2, 0.25) is 0 Å². The first-order valence-corrected chi connectivity index (χ1v) is 7.76. The van der Waals surface area contributed by atoms with E-state index >= 15 is 0 Å². The van der Waals surface area contributed by atoms with Crippen LogP contribution in [-0.4, -0.2) is 44.0 Å². The number of carbonyl (C=O) groups is 1. The van der Waals surface area contributed by atoms with Gasteiger partial charge in [0.1, 0.15) is 0 Å². The Bertz CT molecular complexity index is 497. The molecule has 4 heteroatoms. The molecular weight excluding hydrogens is 262 g/mol. The van der Waals surface area contributed by atoms with Crippen molar-refractivity contribution in [3.63, 3.8) is 0 Å². The van der Waals surface area contributed by atoms with E-state index in [-0.39, 0.29) is 11.9 Å². The van der Waals surface area contributed by atoms with Crippen LogP contribution < -0.4 is 10.6 Å². The maximum Gasteiger partial charge on any atom is 0.251 e. The van der Waals surface area contributed by atoms with Crippen molar-refractivity contribution in [2.45, 2.75) is 32.9 Å². The highest BCUT2D eigenvalue weighted by atomic mass is 16.1. The molecule has 2 N–H and O–H groups in total. The van der Waals surface area contributed by atoms with Crippen molar-refractivity contribution >= 4 is 5.91 Å². The third kappa shape index (κ3) is 4.05. The lowest BCUT2D eigenvalue weighted by atomic mass is 9.94. The van der Waals surface area contributed by atoms with Gasteiger partial charge in [0.05, 0.1) is 0 Å². The van der Waals surface area contributed by atoms with E-state index in [9.17, 15) is 4.79 Å². The van der Waals surface area contributed by atoms with E-state index in [4.69, 9.17) is 0 Å². The summed E-state index contributed by atoms with van der Waals surface area (Å²) in [5.41, 5.74) is 3.31. The lowest BCUT2D eigenvalue weighted by Crippen LogP contribution is -2.45. The summed E-state index contributed by atoms with van der Waals surface area (Å²) in [5.74, 6) is 0.479. The van der Waals surface area contributed by atoms with E-state index in [1.807, 2.05) is 26.2 Å². The van der Waals surface area contributed by atoms with Crippen LogP contribution in [0.4, 0.5) is 0 Å². The first-order chi connectivity index (χ1) is 9.99. The van der Waals surface area contributed by atoms with Crippen LogP contribution in [0.3, 0.4) is 0 Å². The molecule has 0 aliphatic carbocycles. The van der Waals surface area contributed by atoms with Crippen molar-refractivity contribution in [3.05, 3.63) is 34.9 Å². The van der Waals surface area contributed by atoms with E-state index in [2.05, 4.69) is 35.4 Å². The molecule has 2 rings (SSSR count). The Morgan fingerprint density at radius 1 is 1.38 bits per heavy atom. The van der Waals surface area contributed by atoms with E-state index in [1.54, 1.807) is 0 Å². The van der Waals surface area contributed by atoms with E-state index in [1.165, 1.54) is 11.1 Å². The van der Waals surface area contributed by atoms with Crippen molar-refractivity contribution in [1.29, 1.82) is 0 Å². The second-order valence-corrected chi connectivity index (χ2v) is 6.46. The number of carbonyl (C=O) groups excluding carboxylic acids is 1. The molecule has 1 aliphatic heterocycles. The molecule has 116 valence electrons. The topological polar surface area (TPSA) is 44.4 Å². The van der Waals surface area contributed by atoms with Gasteiger partial charge in [0, 0.05) is 24.7 Å². The number of fused-ring (bicyclic) bond motifs is 1. The Morgan fingerprint density at radius 3 is 2.81 bits per heavy atom. The lowest BCUT2D eigenvalue weighted by molar-refractivity contribution is 0.0915. The monoisotopic (exact) mass is 289 g/mol. The molecule has 0 radical (unpaired) electrons. The summed E-state index contributed by atoms with van der Waals surface area (Å²) in [5, 5.41) is 6.57. The van der Waals surface area contributed by atoms with Gasteiger partial charge in [-0.1, -0.05) is 26.0 Å². The Balaban J connectivity index is 2.16. The Kier molecular flexibility index (Phi) is 5.37. The van der Waals surface area contributed by atoms with Crippen LogP contribution in [0.5, 0.6) is 0 Å². The third-order valence-corrected chi connectivity index (χ3v) is 4.07. The van der Waals surface area contributed by atoms with E-state index < -0.39 is 0 Å². The first-order valence-electron chi connectivity index (χ1n) is 7.76. The van der Waals surface area contributed by atoms with E-state index in [0.29, 0.717) is 5.92 Å². The van der Waals surface area contributed by atoms with Gasteiger partial charge >= 0.3 is 0 Å². The van der Waals surface area contributed by atoms with Crippen molar-refractivity contribution in [2.24, 2.45) is 5.92 Å². The third-order valence-electron chi connectivity index (χ3n) is 4.07. The van der Waals surface area contributed by atoms with Gasteiger partial charge in [0.25, 0.3) is 5.91 Å². The molecule has 0 bridgehead atoms. The molecule has 1 atom stereocenters. The predicted molar refractivity (Wildman–Crippen MR) is 86.5 cm³/mol. The number of rotatable bonds is 5. The van der Waals surface area contributed by atoms with E-state index in [0.717, 1.165) is 31.6 Å². The van der Waals surface area contributed by atoms with Gasteiger partial charge < -0.3 is 15.5 Å². The van der Waals surface area contributed by atoms with Crippen LogP contribution in [0, 0.1) is 5.92 Å². The highest BCUT2D eigenvalue weighted by Crippen LogP contribution is 2.19. The lowest BCUT2D eigenvalue weighted by Gasteiger charge is -2.27. The van der Waals surface area contributed by atoms with Gasteiger partial charge in [0.15, 0.2) is 0 Å². The Labute approximate surface area is 127 Å². The van der Waals surface area contributed by atoms with Crippen molar-refractivity contribution < 1.29 is 4.79 Å². The molecule has 0 spiro atoms. The SMILES string of the molecule is CC(C)C(CN(C)C)NC(=O)c1cccc2c1CCNC2. The van der Waals surface area contributed by atoms with Gasteiger partial charge in [-0.15, -0.1) is 0 Å². The molecule has 0 saturated heterocycles. The first kappa shape index (κ1) is 16.0. The average Bonchev–Trinajstić information content (AvgIpc) is 2.45. The molecule has 0 aromatic heterocycles. The van der Waals surface area contributed by atoms with Crippen LogP contribution in [0.2, 0.25) is 0 Å². The summed E-state index contributed by atoms with van der Waals surface area (Å²) < 4.78 is 0. The molecule has 1 aromatic rings. The van der Waals surface area contributed by atoms with Crippen molar-refractivity contribution in [2.75, 3.05) is 27.2 Å². The Morgan fingerprint density at radius 2 is 2.14 bits per heavy atom. The molecule has 21 heavy (non-hydrogen) atoms. The molecule has 1 amide bonds. The quantitative estimate of drug-likeness (QED) is 0.866.